The Morgan fingerprint density at radius 1 is 1.15 bits per heavy atom. The highest BCUT2D eigenvalue weighted by molar-refractivity contribution is 6.91. The van der Waals surface area contributed by atoms with Crippen LogP contribution in [0.4, 0.5) is 11.4 Å². The molecule has 252 valence electrons. The zero-order chi connectivity index (χ0) is 34.2. The first-order valence-electron chi connectivity index (χ1n) is 16.3. The molecule has 11 nitrogen and oxygen atoms in total. The molecule has 2 amide bonds. The second-order valence-electron chi connectivity index (χ2n) is 13.4. The summed E-state index contributed by atoms with van der Waals surface area (Å²) >= 11 is 0. The maximum Gasteiger partial charge on any atom is 0.261 e. The molecule has 12 heteroatoms. The van der Waals surface area contributed by atoms with E-state index in [1.54, 1.807) is 30.0 Å². The Labute approximate surface area is 281 Å². The van der Waals surface area contributed by atoms with Gasteiger partial charge in [-0.3, -0.25) is 14.3 Å². The molecule has 0 radical (unpaired) electrons. The minimum Gasteiger partial charge on any atom is -0.497 e. The lowest BCUT2D eigenvalue weighted by Gasteiger charge is -2.37. The normalized spacial score (nSPS) is 23.1. The summed E-state index contributed by atoms with van der Waals surface area (Å²) < 4.78 is 14.3. The summed E-state index contributed by atoms with van der Waals surface area (Å²) in [7, 11) is -0.700. The van der Waals surface area contributed by atoms with E-state index in [9.17, 15) is 19.8 Å². The van der Waals surface area contributed by atoms with Crippen molar-refractivity contribution < 1.29 is 29.3 Å². The van der Waals surface area contributed by atoms with Gasteiger partial charge in [-0.1, -0.05) is 72.9 Å². The number of carbonyl (C=O) groups excluding carboxylic acids is 2. The number of aryl methyl sites for hydroxylation is 1. The lowest BCUT2D eigenvalue weighted by Crippen LogP contribution is -2.51. The number of aromatic nitrogens is 3. The van der Waals surface area contributed by atoms with Crippen LogP contribution in [0.5, 0.6) is 5.75 Å². The zero-order valence-electron chi connectivity index (χ0n) is 27.9. The predicted octanol–water partition coefficient (Wildman–Crippen LogP) is 3.99. The summed E-state index contributed by atoms with van der Waals surface area (Å²) in [5.41, 5.74) is 2.16. The summed E-state index contributed by atoms with van der Waals surface area (Å²) in [4.78, 5) is 26.4. The minimum atomic E-state index is -2.35. The quantitative estimate of drug-likeness (QED) is 0.175. The van der Waals surface area contributed by atoms with Crippen LogP contribution < -0.4 is 20.6 Å². The highest BCUT2D eigenvalue weighted by atomic mass is 28.3. The summed E-state index contributed by atoms with van der Waals surface area (Å²) in [6, 6.07) is 23.2. The molecule has 3 heterocycles. The SMILES string of the molecule is COc1ccc([Si](C)(C)[C@@H]2[C@@H](CCn3cc(C(CO)c4ccccc4)nn3)O[C@]3(C(=O)Nc4ccc(NC(=O)[C@H](C)O)cc43)[C@H]2C)cc1. The van der Waals surface area contributed by atoms with Crippen LogP contribution in [0.3, 0.4) is 0 Å². The van der Waals surface area contributed by atoms with E-state index in [-0.39, 0.29) is 36.0 Å². The van der Waals surface area contributed by atoms with Crippen molar-refractivity contribution in [2.24, 2.45) is 5.92 Å². The second kappa shape index (κ2) is 13.3. The monoisotopic (exact) mass is 669 g/mol. The van der Waals surface area contributed by atoms with Gasteiger partial charge in [-0.2, -0.15) is 0 Å². The zero-order valence-corrected chi connectivity index (χ0v) is 28.9. The highest BCUT2D eigenvalue weighted by Gasteiger charge is 2.64. The number of fused-ring (bicyclic) bond motifs is 2. The number of nitrogens with one attached hydrogen (secondary N) is 2. The maximum atomic E-state index is 14.1. The second-order valence-corrected chi connectivity index (χ2v) is 18.1. The summed E-state index contributed by atoms with van der Waals surface area (Å²) in [6.07, 6.45) is 0.947. The van der Waals surface area contributed by atoms with Gasteiger partial charge in [0.15, 0.2) is 5.60 Å². The molecule has 6 rings (SSSR count). The lowest BCUT2D eigenvalue weighted by atomic mass is 9.82. The van der Waals surface area contributed by atoms with Gasteiger partial charge in [-0.05, 0) is 54.8 Å². The third kappa shape index (κ3) is 5.93. The number of aliphatic hydroxyl groups is 2. The number of anilines is 2. The van der Waals surface area contributed by atoms with Crippen LogP contribution in [0.1, 0.15) is 43.0 Å². The van der Waals surface area contributed by atoms with E-state index in [4.69, 9.17) is 9.47 Å². The van der Waals surface area contributed by atoms with Crippen molar-refractivity contribution in [1.29, 1.82) is 0 Å². The van der Waals surface area contributed by atoms with Crippen LogP contribution in [0, 0.1) is 5.92 Å². The molecule has 0 saturated carbocycles. The van der Waals surface area contributed by atoms with Gasteiger partial charge in [0.2, 0.25) is 0 Å². The number of methoxy groups -OCH3 is 1. The van der Waals surface area contributed by atoms with E-state index in [0.717, 1.165) is 11.3 Å². The highest BCUT2D eigenvalue weighted by Crippen LogP contribution is 2.59. The molecule has 0 aliphatic carbocycles. The number of nitrogens with zero attached hydrogens (tertiary/aromatic N) is 3. The van der Waals surface area contributed by atoms with Crippen molar-refractivity contribution in [1.82, 2.24) is 15.0 Å². The number of ether oxygens (including phenoxy) is 2. The first-order valence-corrected chi connectivity index (χ1v) is 19.4. The number of hydrogen-bond donors (Lipinski definition) is 4. The van der Waals surface area contributed by atoms with E-state index in [0.29, 0.717) is 35.6 Å². The molecule has 48 heavy (non-hydrogen) atoms. The Kier molecular flexibility index (Phi) is 9.27. The van der Waals surface area contributed by atoms with Crippen LogP contribution in [-0.4, -0.2) is 71.0 Å². The lowest BCUT2D eigenvalue weighted by molar-refractivity contribution is -0.143. The summed E-state index contributed by atoms with van der Waals surface area (Å²) in [5.74, 6) is -0.497. The van der Waals surface area contributed by atoms with E-state index in [1.807, 2.05) is 48.7 Å². The van der Waals surface area contributed by atoms with Crippen molar-refractivity contribution in [3.05, 3.63) is 95.8 Å². The van der Waals surface area contributed by atoms with Crippen molar-refractivity contribution in [2.75, 3.05) is 24.4 Å². The van der Waals surface area contributed by atoms with Crippen LogP contribution >= 0.6 is 0 Å². The Morgan fingerprint density at radius 3 is 2.54 bits per heavy atom. The number of benzene rings is 3. The Morgan fingerprint density at radius 2 is 1.88 bits per heavy atom. The van der Waals surface area contributed by atoms with Crippen LogP contribution in [0.15, 0.2) is 79.0 Å². The van der Waals surface area contributed by atoms with Gasteiger partial charge < -0.3 is 30.3 Å². The van der Waals surface area contributed by atoms with E-state index < -0.39 is 25.7 Å². The molecule has 1 spiro atoms. The standard InChI is InChI=1S/C36H43N5O6Si/c1-22-33(48(4,5)27-14-12-26(46-3)13-15-27)32(17-18-41-20-31(39-40-41)28(21-42)24-9-7-6-8-10-24)47-36(22)29-19-25(37-34(44)23(2)43)11-16-30(29)38-35(36)45/h6-16,19-20,22-23,28,32-33,42-43H,17-18,21H2,1-5H3,(H,37,44)(H,38,45)/t22-,23-,28?,32+,33-,36+/m0/s1. The third-order valence-corrected chi connectivity index (χ3v) is 14.5. The van der Waals surface area contributed by atoms with Crippen molar-refractivity contribution in [3.8, 4) is 5.75 Å². The topological polar surface area (TPSA) is 148 Å². The van der Waals surface area contributed by atoms with E-state index in [2.05, 4.69) is 53.1 Å². The molecular weight excluding hydrogens is 627 g/mol. The summed E-state index contributed by atoms with van der Waals surface area (Å²) in [6.45, 7) is 8.54. The van der Waals surface area contributed by atoms with Gasteiger partial charge in [0.1, 0.15) is 11.9 Å². The predicted molar refractivity (Wildman–Crippen MR) is 185 cm³/mol. The number of amides is 2. The number of aliphatic hydroxyl groups excluding tert-OH is 2. The molecule has 0 bridgehead atoms. The Bertz CT molecular complexity index is 1780. The fourth-order valence-corrected chi connectivity index (χ4v) is 11.7. The van der Waals surface area contributed by atoms with Gasteiger partial charge in [-0.25, -0.2) is 0 Å². The van der Waals surface area contributed by atoms with Crippen LogP contribution in [0.25, 0.3) is 0 Å². The molecule has 2 aliphatic heterocycles. The van der Waals surface area contributed by atoms with E-state index >= 15 is 0 Å². The smallest absolute Gasteiger partial charge is 0.261 e. The molecule has 4 aromatic rings. The molecule has 4 N–H and O–H groups in total. The fourth-order valence-electron chi connectivity index (χ4n) is 7.62. The Balaban J connectivity index is 1.35. The first-order chi connectivity index (χ1) is 23.0. The molecule has 1 fully saturated rings. The molecule has 1 unspecified atom stereocenters. The molecule has 1 saturated heterocycles. The number of hydrogen-bond acceptors (Lipinski definition) is 8. The first kappa shape index (κ1) is 33.5. The Hall–Kier alpha value is -4.36. The van der Waals surface area contributed by atoms with Gasteiger partial charge in [0.05, 0.1) is 39.5 Å². The van der Waals surface area contributed by atoms with Crippen molar-refractivity contribution in [3.63, 3.8) is 0 Å². The molecule has 1 aromatic heterocycles. The van der Waals surface area contributed by atoms with Gasteiger partial charge in [0, 0.05) is 35.6 Å². The van der Waals surface area contributed by atoms with Crippen molar-refractivity contribution in [2.45, 2.75) is 69.2 Å². The van der Waals surface area contributed by atoms with Crippen molar-refractivity contribution >= 4 is 36.4 Å². The fraction of sp³-hybridized carbons (Fsp3) is 0.389. The average Bonchev–Trinajstić information content (AvgIpc) is 3.75. The van der Waals surface area contributed by atoms with E-state index in [1.165, 1.54) is 12.1 Å². The molecule has 3 aromatic carbocycles. The van der Waals surface area contributed by atoms with Gasteiger partial charge >= 0.3 is 0 Å². The molecule has 6 atom stereocenters. The van der Waals surface area contributed by atoms with Crippen LogP contribution in [0.2, 0.25) is 18.6 Å². The van der Waals surface area contributed by atoms with Gasteiger partial charge in [0.25, 0.3) is 11.8 Å². The maximum absolute atomic E-state index is 14.1. The number of carbonyl (C=O) groups is 2. The minimum absolute atomic E-state index is 0.0100. The largest absolute Gasteiger partial charge is 0.497 e. The third-order valence-electron chi connectivity index (χ3n) is 10.2. The molecule has 2 aliphatic rings. The van der Waals surface area contributed by atoms with Gasteiger partial charge in [-0.15, -0.1) is 5.10 Å². The average molecular weight is 670 g/mol. The van der Waals surface area contributed by atoms with Crippen LogP contribution in [-0.2, 0) is 26.5 Å². The molecular formula is C36H43N5O6Si. The summed E-state index contributed by atoms with van der Waals surface area (Å²) in [5, 5.41) is 35.8. The number of rotatable bonds is 11.